The third kappa shape index (κ3) is 4.43. The Morgan fingerprint density at radius 3 is 2.41 bits per heavy atom. The second kappa shape index (κ2) is 8.55. The summed E-state index contributed by atoms with van der Waals surface area (Å²) in [4.78, 5) is 36.1. The van der Waals surface area contributed by atoms with Gasteiger partial charge in [-0.25, -0.2) is 4.79 Å². The van der Waals surface area contributed by atoms with Crippen LogP contribution < -0.4 is 10.4 Å². The van der Waals surface area contributed by atoms with Crippen molar-refractivity contribution in [3.8, 4) is 16.9 Å². The number of carbonyl (C=O) groups excluding carboxylic acids is 1. The van der Waals surface area contributed by atoms with Crippen molar-refractivity contribution in [2.75, 3.05) is 19.7 Å². The van der Waals surface area contributed by atoms with Crippen LogP contribution in [0.5, 0.6) is 5.75 Å². The molecule has 1 heterocycles. The molecule has 0 fully saturated rings. The van der Waals surface area contributed by atoms with Crippen LogP contribution in [0.2, 0.25) is 0 Å². The van der Waals surface area contributed by atoms with Crippen LogP contribution in [0.25, 0.3) is 22.1 Å². The van der Waals surface area contributed by atoms with Crippen molar-refractivity contribution >= 4 is 22.6 Å². The number of non-ortho nitro benzene ring substituents is 1. The van der Waals surface area contributed by atoms with Crippen molar-refractivity contribution in [3.05, 3.63) is 69.1 Å². The number of hydrogen-bond acceptors (Lipinski definition) is 6. The molecular weight excluding hydrogens is 376 g/mol. The Morgan fingerprint density at radius 2 is 1.79 bits per heavy atom. The topological polar surface area (TPSA) is 103 Å². The Bertz CT molecular complexity index is 1100. The first-order valence-electron chi connectivity index (χ1n) is 9.16. The lowest BCUT2D eigenvalue weighted by atomic mass is 10.0. The number of rotatable bonds is 7. The summed E-state index contributed by atoms with van der Waals surface area (Å²) in [6, 6.07) is 12.2. The Hall–Kier alpha value is -3.68. The fourth-order valence-corrected chi connectivity index (χ4v) is 3.05. The number of nitro groups is 1. The summed E-state index contributed by atoms with van der Waals surface area (Å²) in [6.07, 6.45) is 0. The van der Waals surface area contributed by atoms with E-state index in [-0.39, 0.29) is 18.2 Å². The van der Waals surface area contributed by atoms with Crippen LogP contribution in [-0.2, 0) is 4.79 Å². The number of ether oxygens (including phenoxy) is 1. The zero-order valence-electron chi connectivity index (χ0n) is 16.1. The van der Waals surface area contributed by atoms with Gasteiger partial charge in [-0.3, -0.25) is 14.9 Å². The van der Waals surface area contributed by atoms with E-state index in [1.807, 2.05) is 13.8 Å². The highest BCUT2D eigenvalue weighted by Gasteiger charge is 2.13. The van der Waals surface area contributed by atoms with Gasteiger partial charge in [-0.1, -0.05) is 0 Å². The minimum atomic E-state index is -0.553. The van der Waals surface area contributed by atoms with Crippen LogP contribution in [0.1, 0.15) is 13.8 Å². The largest absolute Gasteiger partial charge is 0.484 e. The maximum absolute atomic E-state index is 12.1. The van der Waals surface area contributed by atoms with Crippen LogP contribution in [-0.4, -0.2) is 35.4 Å². The molecular formula is C21H20N2O6. The number of carbonyl (C=O) groups is 1. The third-order valence-electron chi connectivity index (χ3n) is 4.58. The molecule has 29 heavy (non-hydrogen) atoms. The third-order valence-corrected chi connectivity index (χ3v) is 4.58. The molecule has 0 saturated carbocycles. The van der Waals surface area contributed by atoms with Gasteiger partial charge in [0.05, 0.1) is 4.92 Å². The smallest absolute Gasteiger partial charge is 0.336 e. The van der Waals surface area contributed by atoms with E-state index in [4.69, 9.17) is 9.15 Å². The van der Waals surface area contributed by atoms with Crippen molar-refractivity contribution in [2.45, 2.75) is 13.8 Å². The minimum Gasteiger partial charge on any atom is -0.484 e. The Morgan fingerprint density at radius 1 is 1.10 bits per heavy atom. The van der Waals surface area contributed by atoms with E-state index >= 15 is 0 Å². The summed E-state index contributed by atoms with van der Waals surface area (Å²) in [5.74, 6) is 0.276. The van der Waals surface area contributed by atoms with E-state index in [1.54, 1.807) is 35.2 Å². The SMILES string of the molecule is CCN(CC)C(=O)COc1ccc2c(-c3ccc([N+](=O)[O-])cc3)cc(=O)oc2c1. The molecule has 1 amide bonds. The second-order valence-electron chi connectivity index (χ2n) is 6.30. The molecule has 0 aliphatic carbocycles. The zero-order valence-corrected chi connectivity index (χ0v) is 16.1. The number of hydrogen-bond donors (Lipinski definition) is 0. The van der Waals surface area contributed by atoms with Crippen LogP contribution in [0, 0.1) is 10.1 Å². The Kier molecular flexibility index (Phi) is 5.92. The molecule has 8 heteroatoms. The average molecular weight is 396 g/mol. The number of amides is 1. The summed E-state index contributed by atoms with van der Waals surface area (Å²) < 4.78 is 10.8. The highest BCUT2D eigenvalue weighted by Crippen LogP contribution is 2.30. The zero-order chi connectivity index (χ0) is 21.0. The van der Waals surface area contributed by atoms with Gasteiger partial charge in [0.2, 0.25) is 0 Å². The fourth-order valence-electron chi connectivity index (χ4n) is 3.05. The van der Waals surface area contributed by atoms with Gasteiger partial charge < -0.3 is 14.1 Å². The number of benzene rings is 2. The van der Waals surface area contributed by atoms with Gasteiger partial charge in [0, 0.05) is 42.7 Å². The van der Waals surface area contributed by atoms with E-state index < -0.39 is 10.5 Å². The number of nitrogens with zero attached hydrogens (tertiary/aromatic N) is 2. The van der Waals surface area contributed by atoms with Crippen molar-refractivity contribution in [1.29, 1.82) is 0 Å². The maximum atomic E-state index is 12.1. The van der Waals surface area contributed by atoms with Crippen LogP contribution in [0.3, 0.4) is 0 Å². The minimum absolute atomic E-state index is 0.0328. The van der Waals surface area contributed by atoms with Gasteiger partial charge in [-0.05, 0) is 49.2 Å². The Balaban J connectivity index is 1.91. The molecule has 0 spiro atoms. The number of fused-ring (bicyclic) bond motifs is 1. The molecule has 0 aliphatic rings. The number of likely N-dealkylation sites (N-methyl/N-ethyl adjacent to an activating group) is 1. The molecule has 0 radical (unpaired) electrons. The molecule has 0 unspecified atom stereocenters. The summed E-state index contributed by atoms with van der Waals surface area (Å²) in [5.41, 5.74) is 0.964. The quantitative estimate of drug-likeness (QED) is 0.343. The van der Waals surface area contributed by atoms with E-state index in [0.717, 1.165) is 0 Å². The van der Waals surface area contributed by atoms with E-state index in [1.165, 1.54) is 18.2 Å². The standard InChI is InChI=1S/C21H20N2O6/c1-3-22(4-2)20(24)13-28-16-9-10-17-18(12-21(25)29-19(17)11-16)14-5-7-15(8-6-14)23(26)27/h5-12H,3-4,13H2,1-2H3. The van der Waals surface area contributed by atoms with Crippen LogP contribution in [0.4, 0.5) is 5.69 Å². The predicted octanol–water partition coefficient (Wildman–Crippen LogP) is 3.62. The fraction of sp³-hybridized carbons (Fsp3) is 0.238. The van der Waals surface area contributed by atoms with Crippen LogP contribution >= 0.6 is 0 Å². The lowest BCUT2D eigenvalue weighted by Gasteiger charge is -2.18. The summed E-state index contributed by atoms with van der Waals surface area (Å²) in [6.45, 7) is 4.88. The average Bonchev–Trinajstić information content (AvgIpc) is 2.72. The molecule has 0 saturated heterocycles. The summed E-state index contributed by atoms with van der Waals surface area (Å²) in [7, 11) is 0. The molecule has 0 aliphatic heterocycles. The molecule has 0 N–H and O–H groups in total. The van der Waals surface area contributed by atoms with Gasteiger partial charge in [0.15, 0.2) is 6.61 Å². The monoisotopic (exact) mass is 396 g/mol. The first-order chi connectivity index (χ1) is 13.9. The molecule has 3 rings (SSSR count). The molecule has 2 aromatic carbocycles. The van der Waals surface area contributed by atoms with Gasteiger partial charge >= 0.3 is 5.63 Å². The molecule has 150 valence electrons. The molecule has 0 atom stereocenters. The van der Waals surface area contributed by atoms with Crippen LogP contribution in [0.15, 0.2) is 57.7 Å². The lowest BCUT2D eigenvalue weighted by molar-refractivity contribution is -0.384. The molecule has 3 aromatic rings. The second-order valence-corrected chi connectivity index (χ2v) is 6.30. The first kappa shape index (κ1) is 20.1. The summed E-state index contributed by atoms with van der Waals surface area (Å²) in [5, 5.41) is 11.5. The molecule has 1 aromatic heterocycles. The lowest BCUT2D eigenvalue weighted by Crippen LogP contribution is -2.34. The van der Waals surface area contributed by atoms with Crippen molar-refractivity contribution < 1.29 is 18.9 Å². The molecule has 0 bridgehead atoms. The first-order valence-corrected chi connectivity index (χ1v) is 9.16. The number of nitro benzene ring substituents is 1. The molecule has 8 nitrogen and oxygen atoms in total. The normalized spacial score (nSPS) is 10.7. The van der Waals surface area contributed by atoms with E-state index in [2.05, 4.69) is 0 Å². The highest BCUT2D eigenvalue weighted by atomic mass is 16.6. The predicted molar refractivity (Wildman–Crippen MR) is 108 cm³/mol. The van der Waals surface area contributed by atoms with Gasteiger partial charge in [-0.15, -0.1) is 0 Å². The maximum Gasteiger partial charge on any atom is 0.336 e. The summed E-state index contributed by atoms with van der Waals surface area (Å²) >= 11 is 0. The van der Waals surface area contributed by atoms with E-state index in [0.29, 0.717) is 40.9 Å². The van der Waals surface area contributed by atoms with Crippen molar-refractivity contribution in [3.63, 3.8) is 0 Å². The van der Waals surface area contributed by atoms with Gasteiger partial charge in [-0.2, -0.15) is 0 Å². The van der Waals surface area contributed by atoms with E-state index in [9.17, 15) is 19.7 Å². The highest BCUT2D eigenvalue weighted by molar-refractivity contribution is 5.94. The van der Waals surface area contributed by atoms with Gasteiger partial charge in [0.25, 0.3) is 11.6 Å². The van der Waals surface area contributed by atoms with Crippen molar-refractivity contribution in [1.82, 2.24) is 4.90 Å². The van der Waals surface area contributed by atoms with Gasteiger partial charge in [0.1, 0.15) is 11.3 Å². The van der Waals surface area contributed by atoms with Crippen molar-refractivity contribution in [2.24, 2.45) is 0 Å². The Labute approximate surface area is 166 Å².